The average Bonchev–Trinajstić information content (AvgIpc) is 2.37. The number of benzene rings is 2. The third kappa shape index (κ3) is 3.29. The van der Waals surface area contributed by atoms with Crippen LogP contribution in [0.4, 0.5) is 11.4 Å². The molecule has 0 heterocycles. The standard InChI is InChI=1S/C13H9ClN2O3/c14-10-2-1-3-11(7-10)15-8-9-4-5-13(17)12(6-9)16(18)19/h1-8,17H. The van der Waals surface area contributed by atoms with E-state index < -0.39 is 4.92 Å². The zero-order valence-electron chi connectivity index (χ0n) is 9.65. The summed E-state index contributed by atoms with van der Waals surface area (Å²) in [5.41, 5.74) is 0.808. The first-order chi connectivity index (χ1) is 9.06. The number of nitrogens with zero attached hydrogens (tertiary/aromatic N) is 2. The Morgan fingerprint density at radius 3 is 2.74 bits per heavy atom. The predicted molar refractivity (Wildman–Crippen MR) is 73.5 cm³/mol. The maximum atomic E-state index is 10.7. The highest BCUT2D eigenvalue weighted by molar-refractivity contribution is 6.30. The van der Waals surface area contributed by atoms with Crippen molar-refractivity contribution in [2.45, 2.75) is 0 Å². The molecular formula is C13H9ClN2O3. The van der Waals surface area contributed by atoms with Crippen LogP contribution >= 0.6 is 11.6 Å². The number of aliphatic imine (C=N–C) groups is 1. The SMILES string of the molecule is O=[N+]([O-])c1cc(C=Nc2cccc(Cl)c2)ccc1O. The van der Waals surface area contributed by atoms with Crippen molar-refractivity contribution in [2.24, 2.45) is 4.99 Å². The Labute approximate surface area is 113 Å². The van der Waals surface area contributed by atoms with Crippen molar-refractivity contribution < 1.29 is 10.0 Å². The maximum Gasteiger partial charge on any atom is 0.311 e. The molecule has 5 nitrogen and oxygen atoms in total. The minimum Gasteiger partial charge on any atom is -0.502 e. The highest BCUT2D eigenvalue weighted by Crippen LogP contribution is 2.26. The summed E-state index contributed by atoms with van der Waals surface area (Å²) in [4.78, 5) is 14.2. The number of phenols is 1. The van der Waals surface area contributed by atoms with Crippen molar-refractivity contribution in [1.29, 1.82) is 0 Å². The number of halogens is 1. The molecule has 0 spiro atoms. The molecule has 0 atom stereocenters. The molecule has 1 N–H and O–H groups in total. The summed E-state index contributed by atoms with van der Waals surface area (Å²) in [6, 6.07) is 11.0. The van der Waals surface area contributed by atoms with Gasteiger partial charge in [-0.15, -0.1) is 0 Å². The molecule has 0 bridgehead atoms. The molecule has 0 aliphatic heterocycles. The monoisotopic (exact) mass is 276 g/mol. The van der Waals surface area contributed by atoms with Crippen LogP contribution < -0.4 is 0 Å². The van der Waals surface area contributed by atoms with E-state index in [1.807, 2.05) is 0 Å². The number of aromatic hydroxyl groups is 1. The van der Waals surface area contributed by atoms with Gasteiger partial charge in [0.2, 0.25) is 0 Å². The van der Waals surface area contributed by atoms with E-state index in [1.165, 1.54) is 24.4 Å². The summed E-state index contributed by atoms with van der Waals surface area (Å²) >= 11 is 5.82. The van der Waals surface area contributed by atoms with Crippen molar-refractivity contribution in [3.05, 3.63) is 63.2 Å². The largest absolute Gasteiger partial charge is 0.502 e. The number of phenolic OH excluding ortho intramolecular Hbond substituents is 1. The second-order valence-electron chi connectivity index (χ2n) is 3.74. The molecule has 2 aromatic rings. The number of hydrogen-bond acceptors (Lipinski definition) is 4. The molecule has 0 unspecified atom stereocenters. The van der Waals surface area contributed by atoms with Gasteiger partial charge in [-0.05, 0) is 35.9 Å². The minimum atomic E-state index is -0.647. The number of nitro groups is 1. The lowest BCUT2D eigenvalue weighted by Crippen LogP contribution is -1.90. The molecule has 0 aliphatic carbocycles. The molecule has 19 heavy (non-hydrogen) atoms. The number of rotatable bonds is 3. The van der Waals surface area contributed by atoms with E-state index in [2.05, 4.69) is 4.99 Å². The van der Waals surface area contributed by atoms with Crippen molar-refractivity contribution in [3.63, 3.8) is 0 Å². The van der Waals surface area contributed by atoms with Crippen LogP contribution in [0.3, 0.4) is 0 Å². The molecule has 0 fully saturated rings. The van der Waals surface area contributed by atoms with Crippen molar-refractivity contribution in [3.8, 4) is 5.75 Å². The van der Waals surface area contributed by atoms with E-state index in [9.17, 15) is 15.2 Å². The van der Waals surface area contributed by atoms with E-state index in [0.29, 0.717) is 16.3 Å². The van der Waals surface area contributed by atoms with Crippen LogP contribution in [-0.4, -0.2) is 16.2 Å². The van der Waals surface area contributed by atoms with Crippen LogP contribution in [0.5, 0.6) is 5.75 Å². The van der Waals surface area contributed by atoms with Gasteiger partial charge in [-0.2, -0.15) is 0 Å². The third-order valence-corrected chi connectivity index (χ3v) is 2.60. The summed E-state index contributed by atoms with van der Waals surface area (Å²) in [7, 11) is 0. The van der Waals surface area contributed by atoms with E-state index >= 15 is 0 Å². The smallest absolute Gasteiger partial charge is 0.311 e. The third-order valence-electron chi connectivity index (χ3n) is 2.37. The van der Waals surface area contributed by atoms with Gasteiger partial charge in [0.05, 0.1) is 10.6 Å². The van der Waals surface area contributed by atoms with Crippen LogP contribution in [-0.2, 0) is 0 Å². The Hall–Kier alpha value is -2.40. The van der Waals surface area contributed by atoms with Gasteiger partial charge in [0.1, 0.15) is 0 Å². The zero-order chi connectivity index (χ0) is 13.8. The van der Waals surface area contributed by atoms with Crippen LogP contribution in [0.25, 0.3) is 0 Å². The van der Waals surface area contributed by atoms with Crippen molar-refractivity contribution >= 4 is 29.2 Å². The normalized spacial score (nSPS) is 10.8. The first kappa shape index (κ1) is 13.0. The average molecular weight is 277 g/mol. The van der Waals surface area contributed by atoms with E-state index in [-0.39, 0.29) is 11.4 Å². The van der Waals surface area contributed by atoms with Gasteiger partial charge in [0.25, 0.3) is 0 Å². The van der Waals surface area contributed by atoms with Gasteiger partial charge in [-0.25, -0.2) is 0 Å². The highest BCUT2D eigenvalue weighted by Gasteiger charge is 2.12. The summed E-state index contributed by atoms with van der Waals surface area (Å²) in [5, 5.41) is 20.6. The van der Waals surface area contributed by atoms with Gasteiger partial charge >= 0.3 is 5.69 Å². The Kier molecular flexibility index (Phi) is 3.77. The van der Waals surface area contributed by atoms with Crippen molar-refractivity contribution in [1.82, 2.24) is 0 Å². The van der Waals surface area contributed by atoms with Gasteiger partial charge in [-0.3, -0.25) is 15.1 Å². The van der Waals surface area contributed by atoms with E-state index in [4.69, 9.17) is 11.6 Å². The quantitative estimate of drug-likeness (QED) is 0.527. The van der Waals surface area contributed by atoms with Crippen LogP contribution in [0.1, 0.15) is 5.56 Å². The Morgan fingerprint density at radius 1 is 1.26 bits per heavy atom. The van der Waals surface area contributed by atoms with E-state index in [0.717, 1.165) is 0 Å². The van der Waals surface area contributed by atoms with Gasteiger partial charge in [-0.1, -0.05) is 17.7 Å². The Morgan fingerprint density at radius 2 is 2.05 bits per heavy atom. The van der Waals surface area contributed by atoms with Crippen LogP contribution in [0.2, 0.25) is 5.02 Å². The lowest BCUT2D eigenvalue weighted by Gasteiger charge is -1.98. The van der Waals surface area contributed by atoms with Gasteiger partial charge < -0.3 is 5.11 Å². The van der Waals surface area contributed by atoms with Crippen molar-refractivity contribution in [2.75, 3.05) is 0 Å². The highest BCUT2D eigenvalue weighted by atomic mass is 35.5. The number of hydrogen-bond donors (Lipinski definition) is 1. The molecule has 0 saturated heterocycles. The fraction of sp³-hybridized carbons (Fsp3) is 0. The van der Waals surface area contributed by atoms with Crippen LogP contribution in [0, 0.1) is 10.1 Å². The van der Waals surface area contributed by atoms with E-state index in [1.54, 1.807) is 24.3 Å². The van der Waals surface area contributed by atoms with Gasteiger partial charge in [0.15, 0.2) is 5.75 Å². The summed E-state index contributed by atoms with van der Waals surface area (Å²) in [6.45, 7) is 0. The lowest BCUT2D eigenvalue weighted by molar-refractivity contribution is -0.385. The maximum absolute atomic E-state index is 10.7. The Bertz CT molecular complexity index is 656. The predicted octanol–water partition coefficient (Wildman–Crippen LogP) is 3.70. The first-order valence-corrected chi connectivity index (χ1v) is 5.71. The molecule has 2 aromatic carbocycles. The van der Waals surface area contributed by atoms with Crippen LogP contribution in [0.15, 0.2) is 47.5 Å². The zero-order valence-corrected chi connectivity index (χ0v) is 10.4. The molecule has 0 aromatic heterocycles. The molecule has 0 saturated carbocycles. The fourth-order valence-corrected chi connectivity index (χ4v) is 1.66. The number of nitro benzene ring substituents is 1. The fourth-order valence-electron chi connectivity index (χ4n) is 1.47. The van der Waals surface area contributed by atoms with Gasteiger partial charge in [0, 0.05) is 17.3 Å². The molecular weight excluding hydrogens is 268 g/mol. The summed E-state index contributed by atoms with van der Waals surface area (Å²) in [6.07, 6.45) is 1.47. The minimum absolute atomic E-state index is 0.352. The first-order valence-electron chi connectivity index (χ1n) is 5.33. The lowest BCUT2D eigenvalue weighted by atomic mass is 10.2. The summed E-state index contributed by atoms with van der Waals surface area (Å²) < 4.78 is 0. The molecule has 6 heteroatoms. The Balaban J connectivity index is 2.29. The second kappa shape index (κ2) is 5.49. The molecule has 96 valence electrons. The second-order valence-corrected chi connectivity index (χ2v) is 4.18. The summed E-state index contributed by atoms with van der Waals surface area (Å²) in [5.74, 6) is -0.370. The molecule has 0 amide bonds. The molecule has 0 aliphatic rings. The molecule has 2 rings (SSSR count). The topological polar surface area (TPSA) is 75.7 Å². The molecule has 0 radical (unpaired) electrons.